The lowest BCUT2D eigenvalue weighted by atomic mass is 10.0. The number of aromatic nitrogens is 1. The maximum absolute atomic E-state index is 6.29. The molecule has 0 bridgehead atoms. The van der Waals surface area contributed by atoms with E-state index in [2.05, 4.69) is 60.7 Å². The van der Waals surface area contributed by atoms with E-state index in [4.69, 9.17) is 10.3 Å². The van der Waals surface area contributed by atoms with Gasteiger partial charge in [0.05, 0.1) is 11.0 Å². The van der Waals surface area contributed by atoms with Crippen LogP contribution in [0.3, 0.4) is 0 Å². The number of para-hydroxylation sites is 2. The third kappa shape index (κ3) is 1.97. The van der Waals surface area contributed by atoms with Gasteiger partial charge in [0.2, 0.25) is 0 Å². The zero-order valence-corrected chi connectivity index (χ0v) is 14.5. The first-order valence-corrected chi connectivity index (χ1v) is 8.99. The maximum Gasteiger partial charge on any atom is 0.135 e. The van der Waals surface area contributed by atoms with Crippen molar-refractivity contribution in [2.24, 2.45) is 0 Å². The van der Waals surface area contributed by atoms with E-state index < -0.39 is 0 Å². The Morgan fingerprint density at radius 1 is 0.556 bits per heavy atom. The molecule has 4 aromatic carbocycles. The number of benzene rings is 4. The van der Waals surface area contributed by atoms with Gasteiger partial charge in [-0.05, 0) is 47.5 Å². The largest absolute Gasteiger partial charge is 0.456 e. The van der Waals surface area contributed by atoms with Crippen LogP contribution in [0.2, 0.25) is 0 Å². The average molecular weight is 348 g/mol. The van der Waals surface area contributed by atoms with Crippen molar-refractivity contribution in [1.29, 1.82) is 0 Å². The molecule has 0 atom stereocenters. The molecule has 2 aromatic heterocycles. The maximum atomic E-state index is 6.29. The summed E-state index contributed by atoms with van der Waals surface area (Å²) in [5.41, 5.74) is 6.26. The second-order valence-corrected chi connectivity index (χ2v) is 6.93. The van der Waals surface area contributed by atoms with Gasteiger partial charge in [0.15, 0.2) is 0 Å². The summed E-state index contributed by atoms with van der Waals surface area (Å²) in [5, 5.41) is 4.63. The predicted molar refractivity (Wildman–Crippen MR) is 112 cm³/mol. The lowest BCUT2D eigenvalue weighted by molar-refractivity contribution is 0.669. The number of hydrogen-bond acceptors (Lipinski definition) is 2. The summed E-state index contributed by atoms with van der Waals surface area (Å²) in [6.07, 6.45) is 0. The van der Waals surface area contributed by atoms with E-state index in [1.807, 2.05) is 24.3 Å². The molecule has 2 heterocycles. The molecule has 3 nitrogen and oxygen atoms in total. The highest BCUT2D eigenvalue weighted by Crippen LogP contribution is 2.35. The first kappa shape index (κ1) is 14.4. The van der Waals surface area contributed by atoms with Gasteiger partial charge in [-0.25, -0.2) is 0 Å². The predicted octanol–water partition coefficient (Wildman–Crippen LogP) is 6.07. The lowest BCUT2D eigenvalue weighted by Gasteiger charge is -2.04. The molecule has 0 saturated heterocycles. The highest BCUT2D eigenvalue weighted by Gasteiger charge is 2.11. The lowest BCUT2D eigenvalue weighted by Crippen LogP contribution is -2.06. The molecule has 27 heavy (non-hydrogen) atoms. The Morgan fingerprint density at radius 2 is 1.19 bits per heavy atom. The van der Waals surface area contributed by atoms with Gasteiger partial charge >= 0.3 is 0 Å². The summed E-state index contributed by atoms with van der Waals surface area (Å²) in [6, 6.07) is 29.3. The number of nitrogens with two attached hydrogens (primary N) is 1. The number of nitrogen functional groups attached to an aromatic ring is 1. The normalized spacial score (nSPS) is 11.9. The quantitative estimate of drug-likeness (QED) is 0.366. The van der Waals surface area contributed by atoms with E-state index in [9.17, 15) is 0 Å². The third-order valence-electron chi connectivity index (χ3n) is 5.42. The standard InChI is InChI=1S/C24H16N2O/c25-26-21-7-3-1-5-17(21)19-13-15(9-11-22(19)26)16-10-12-24-20(14-16)18-6-2-4-8-23(18)27-24/h1-14H,25H2. The van der Waals surface area contributed by atoms with Gasteiger partial charge in [-0.3, -0.25) is 4.68 Å². The van der Waals surface area contributed by atoms with Crippen LogP contribution in [-0.2, 0) is 0 Å². The molecule has 0 saturated carbocycles. The second kappa shape index (κ2) is 5.15. The van der Waals surface area contributed by atoms with Gasteiger partial charge in [0, 0.05) is 21.5 Å². The van der Waals surface area contributed by atoms with Crippen LogP contribution in [0, 0.1) is 0 Å². The number of nitrogens with zero attached hydrogens (tertiary/aromatic N) is 1. The number of hydrogen-bond donors (Lipinski definition) is 1. The van der Waals surface area contributed by atoms with Crippen molar-refractivity contribution in [2.45, 2.75) is 0 Å². The number of fused-ring (bicyclic) bond motifs is 6. The van der Waals surface area contributed by atoms with Crippen molar-refractivity contribution in [3.63, 3.8) is 0 Å². The minimum atomic E-state index is 0.916. The first-order chi connectivity index (χ1) is 13.3. The van der Waals surface area contributed by atoms with E-state index in [-0.39, 0.29) is 0 Å². The van der Waals surface area contributed by atoms with Crippen molar-refractivity contribution in [1.82, 2.24) is 4.68 Å². The molecule has 0 radical (unpaired) electrons. The minimum absolute atomic E-state index is 0.916. The Hall–Kier alpha value is -3.72. The van der Waals surface area contributed by atoms with Crippen LogP contribution in [0.4, 0.5) is 0 Å². The van der Waals surface area contributed by atoms with Crippen LogP contribution in [0.25, 0.3) is 54.9 Å². The molecule has 0 amide bonds. The molecule has 0 spiro atoms. The summed E-state index contributed by atoms with van der Waals surface area (Å²) in [5.74, 6) is 6.29. The van der Waals surface area contributed by atoms with Crippen molar-refractivity contribution in [3.8, 4) is 11.1 Å². The van der Waals surface area contributed by atoms with Crippen LogP contribution in [-0.4, -0.2) is 4.68 Å². The van der Waals surface area contributed by atoms with Crippen molar-refractivity contribution < 1.29 is 4.42 Å². The second-order valence-electron chi connectivity index (χ2n) is 6.93. The van der Waals surface area contributed by atoms with Crippen LogP contribution in [0.5, 0.6) is 0 Å². The molecule has 0 aliphatic rings. The van der Waals surface area contributed by atoms with Crippen molar-refractivity contribution in [3.05, 3.63) is 84.9 Å². The van der Waals surface area contributed by atoms with E-state index in [0.29, 0.717) is 0 Å². The van der Waals surface area contributed by atoms with Crippen LogP contribution in [0.15, 0.2) is 89.3 Å². The van der Waals surface area contributed by atoms with E-state index in [1.54, 1.807) is 4.68 Å². The van der Waals surface area contributed by atoms with Gasteiger partial charge in [0.1, 0.15) is 11.2 Å². The Bertz CT molecular complexity index is 1490. The fourth-order valence-electron chi connectivity index (χ4n) is 4.09. The van der Waals surface area contributed by atoms with E-state index >= 15 is 0 Å². The third-order valence-corrected chi connectivity index (χ3v) is 5.42. The molecule has 0 fully saturated rings. The highest BCUT2D eigenvalue weighted by atomic mass is 16.3. The summed E-state index contributed by atoms with van der Waals surface area (Å²) < 4.78 is 7.72. The van der Waals surface area contributed by atoms with Gasteiger partial charge in [0.25, 0.3) is 0 Å². The van der Waals surface area contributed by atoms with E-state index in [1.165, 1.54) is 21.9 Å². The van der Waals surface area contributed by atoms with Crippen LogP contribution >= 0.6 is 0 Å². The summed E-state index contributed by atoms with van der Waals surface area (Å²) in [7, 11) is 0. The van der Waals surface area contributed by atoms with Gasteiger partial charge in [-0.2, -0.15) is 0 Å². The van der Waals surface area contributed by atoms with Crippen molar-refractivity contribution in [2.75, 3.05) is 5.84 Å². The summed E-state index contributed by atoms with van der Waals surface area (Å²) in [6.45, 7) is 0. The average Bonchev–Trinajstić information content (AvgIpc) is 3.23. The highest BCUT2D eigenvalue weighted by molar-refractivity contribution is 6.10. The monoisotopic (exact) mass is 348 g/mol. The molecule has 6 aromatic rings. The number of furan rings is 1. The Kier molecular flexibility index (Phi) is 2.75. The van der Waals surface area contributed by atoms with Crippen LogP contribution < -0.4 is 5.84 Å². The molecule has 0 aliphatic carbocycles. The van der Waals surface area contributed by atoms with Gasteiger partial charge in [-0.1, -0.05) is 48.5 Å². The zero-order valence-electron chi connectivity index (χ0n) is 14.5. The minimum Gasteiger partial charge on any atom is -0.456 e. The van der Waals surface area contributed by atoms with Gasteiger partial charge < -0.3 is 10.3 Å². The molecule has 3 heteroatoms. The molecular formula is C24H16N2O. The number of rotatable bonds is 1. The molecular weight excluding hydrogens is 332 g/mol. The SMILES string of the molecule is Nn1c2ccccc2c2cc(-c3ccc4oc5ccccc5c4c3)ccc21. The topological polar surface area (TPSA) is 44.1 Å². The van der Waals surface area contributed by atoms with Crippen LogP contribution in [0.1, 0.15) is 0 Å². The Balaban J connectivity index is 1.62. The molecule has 2 N–H and O–H groups in total. The molecule has 0 aliphatic heterocycles. The first-order valence-electron chi connectivity index (χ1n) is 8.99. The fourth-order valence-corrected chi connectivity index (χ4v) is 4.09. The Morgan fingerprint density at radius 3 is 2.07 bits per heavy atom. The Labute approximate surface area is 155 Å². The smallest absolute Gasteiger partial charge is 0.135 e. The molecule has 128 valence electrons. The molecule has 0 unspecified atom stereocenters. The summed E-state index contributed by atoms with van der Waals surface area (Å²) in [4.78, 5) is 0. The molecule has 6 rings (SSSR count). The fraction of sp³-hybridized carbons (Fsp3) is 0. The zero-order chi connectivity index (χ0) is 18.0. The van der Waals surface area contributed by atoms with E-state index in [0.717, 1.165) is 33.0 Å². The van der Waals surface area contributed by atoms with Gasteiger partial charge in [-0.15, -0.1) is 0 Å². The van der Waals surface area contributed by atoms with Crippen molar-refractivity contribution >= 4 is 43.7 Å². The summed E-state index contributed by atoms with van der Waals surface area (Å²) >= 11 is 0.